The first kappa shape index (κ1) is 17.8. The summed E-state index contributed by atoms with van der Waals surface area (Å²) in [4.78, 5) is 26.4. The predicted molar refractivity (Wildman–Crippen MR) is 93.0 cm³/mol. The number of nitrogens with zero attached hydrogens (tertiary/aromatic N) is 1. The van der Waals surface area contributed by atoms with Gasteiger partial charge in [0.1, 0.15) is 0 Å². The Labute approximate surface area is 143 Å². The Balaban J connectivity index is 0.00000192. The minimum atomic E-state index is -0.243. The van der Waals surface area contributed by atoms with Crippen LogP contribution in [0.5, 0.6) is 0 Å². The fourth-order valence-electron chi connectivity index (χ4n) is 3.24. The van der Waals surface area contributed by atoms with E-state index < -0.39 is 0 Å². The zero-order valence-electron chi connectivity index (χ0n) is 13.6. The molecule has 2 aliphatic heterocycles. The summed E-state index contributed by atoms with van der Waals surface area (Å²) in [5.41, 5.74) is 3.20. The number of rotatable bonds is 3. The van der Waals surface area contributed by atoms with Gasteiger partial charge < -0.3 is 15.5 Å². The highest BCUT2D eigenvalue weighted by molar-refractivity contribution is 6.01. The zero-order valence-corrected chi connectivity index (χ0v) is 14.4. The molecule has 126 valence electrons. The van der Waals surface area contributed by atoms with Crippen LogP contribution in [-0.2, 0) is 9.59 Å². The van der Waals surface area contributed by atoms with Gasteiger partial charge in [0.05, 0.1) is 5.92 Å². The molecule has 23 heavy (non-hydrogen) atoms. The van der Waals surface area contributed by atoms with Crippen molar-refractivity contribution in [3.8, 4) is 0 Å². The summed E-state index contributed by atoms with van der Waals surface area (Å²) in [5, 5.41) is 6.29. The second-order valence-corrected chi connectivity index (χ2v) is 6.32. The minimum absolute atomic E-state index is 0. The first-order valence-corrected chi connectivity index (χ1v) is 7.94. The molecular weight excluding hydrogens is 314 g/mol. The molecule has 2 amide bonds. The van der Waals surface area contributed by atoms with Crippen LogP contribution in [-0.4, -0.2) is 37.5 Å². The normalized spacial score (nSPS) is 23.7. The molecule has 2 N–H and O–H groups in total. The molecule has 5 nitrogen and oxygen atoms in total. The smallest absolute Gasteiger partial charge is 0.227 e. The number of hydrogen-bond acceptors (Lipinski definition) is 3. The van der Waals surface area contributed by atoms with Crippen LogP contribution in [0.3, 0.4) is 0 Å². The molecule has 0 bridgehead atoms. The standard InChI is InChI=1S/C17H23N3O2.ClH/c1-11-4-3-5-15(12(11)2)20-10-13(8-16(20)21)17(22)19-14-6-7-18-9-14;/h3-5,13-14,18H,6-10H2,1-2H3,(H,19,22);1H. The summed E-state index contributed by atoms with van der Waals surface area (Å²) < 4.78 is 0. The average Bonchev–Trinajstić information content (AvgIpc) is 3.12. The molecule has 0 spiro atoms. The second-order valence-electron chi connectivity index (χ2n) is 6.32. The molecule has 6 heteroatoms. The van der Waals surface area contributed by atoms with E-state index in [0.29, 0.717) is 13.0 Å². The Morgan fingerprint density at radius 2 is 2.13 bits per heavy atom. The fraction of sp³-hybridized carbons (Fsp3) is 0.529. The molecule has 0 radical (unpaired) electrons. The second kappa shape index (κ2) is 7.32. The van der Waals surface area contributed by atoms with E-state index in [0.717, 1.165) is 36.3 Å². The Bertz CT molecular complexity index is 600. The maximum Gasteiger partial charge on any atom is 0.227 e. The number of benzene rings is 1. The Hall–Kier alpha value is -1.59. The molecule has 3 rings (SSSR count). The number of halogens is 1. The van der Waals surface area contributed by atoms with Crippen LogP contribution in [0.15, 0.2) is 18.2 Å². The van der Waals surface area contributed by atoms with Crippen molar-refractivity contribution in [2.45, 2.75) is 32.7 Å². The van der Waals surface area contributed by atoms with Gasteiger partial charge in [-0.1, -0.05) is 12.1 Å². The Morgan fingerprint density at radius 3 is 2.83 bits per heavy atom. The monoisotopic (exact) mass is 337 g/mol. The molecule has 2 unspecified atom stereocenters. The van der Waals surface area contributed by atoms with E-state index in [-0.39, 0.29) is 36.2 Å². The lowest BCUT2D eigenvalue weighted by Gasteiger charge is -2.20. The molecular formula is C17H24ClN3O2. The van der Waals surface area contributed by atoms with E-state index in [9.17, 15) is 9.59 Å². The third-order valence-electron chi connectivity index (χ3n) is 4.77. The highest BCUT2D eigenvalue weighted by Crippen LogP contribution is 2.29. The van der Waals surface area contributed by atoms with Crippen molar-refractivity contribution in [3.05, 3.63) is 29.3 Å². The van der Waals surface area contributed by atoms with Crippen molar-refractivity contribution >= 4 is 29.9 Å². The highest BCUT2D eigenvalue weighted by Gasteiger charge is 2.36. The molecule has 2 heterocycles. The van der Waals surface area contributed by atoms with E-state index in [1.165, 1.54) is 0 Å². The van der Waals surface area contributed by atoms with Gasteiger partial charge in [0.15, 0.2) is 0 Å². The molecule has 1 aromatic carbocycles. The summed E-state index contributed by atoms with van der Waals surface area (Å²) in [7, 11) is 0. The highest BCUT2D eigenvalue weighted by atomic mass is 35.5. The number of anilines is 1. The molecule has 2 atom stereocenters. The van der Waals surface area contributed by atoms with Crippen LogP contribution >= 0.6 is 12.4 Å². The Kier molecular flexibility index (Phi) is 5.65. The SMILES string of the molecule is Cc1cccc(N2CC(C(=O)NC3CCNC3)CC2=O)c1C.Cl. The number of aryl methyl sites for hydroxylation is 1. The number of nitrogens with one attached hydrogen (secondary N) is 2. The van der Waals surface area contributed by atoms with Crippen LogP contribution in [0, 0.1) is 19.8 Å². The van der Waals surface area contributed by atoms with Crippen molar-refractivity contribution in [2.75, 3.05) is 24.5 Å². The summed E-state index contributed by atoms with van der Waals surface area (Å²) >= 11 is 0. The molecule has 0 aliphatic carbocycles. The van der Waals surface area contributed by atoms with Gasteiger partial charge in [0, 0.05) is 31.2 Å². The molecule has 2 fully saturated rings. The zero-order chi connectivity index (χ0) is 15.7. The summed E-state index contributed by atoms with van der Waals surface area (Å²) in [6.07, 6.45) is 1.27. The fourth-order valence-corrected chi connectivity index (χ4v) is 3.24. The van der Waals surface area contributed by atoms with Gasteiger partial charge in [0.25, 0.3) is 0 Å². The van der Waals surface area contributed by atoms with Crippen LogP contribution in [0.2, 0.25) is 0 Å². The predicted octanol–water partition coefficient (Wildman–Crippen LogP) is 1.56. The van der Waals surface area contributed by atoms with Crippen LogP contribution in [0.4, 0.5) is 5.69 Å². The molecule has 2 aliphatic rings. The van der Waals surface area contributed by atoms with Crippen LogP contribution in [0.25, 0.3) is 0 Å². The van der Waals surface area contributed by atoms with Gasteiger partial charge in [-0.2, -0.15) is 0 Å². The quantitative estimate of drug-likeness (QED) is 0.880. The van der Waals surface area contributed by atoms with Crippen molar-refractivity contribution in [1.82, 2.24) is 10.6 Å². The minimum Gasteiger partial charge on any atom is -0.352 e. The van der Waals surface area contributed by atoms with E-state index in [1.54, 1.807) is 4.90 Å². The van der Waals surface area contributed by atoms with Crippen molar-refractivity contribution in [1.29, 1.82) is 0 Å². The third-order valence-corrected chi connectivity index (χ3v) is 4.77. The van der Waals surface area contributed by atoms with Crippen molar-refractivity contribution in [3.63, 3.8) is 0 Å². The molecule has 0 aromatic heterocycles. The Morgan fingerprint density at radius 1 is 1.35 bits per heavy atom. The maximum absolute atomic E-state index is 12.4. The van der Waals surface area contributed by atoms with Gasteiger partial charge in [-0.25, -0.2) is 0 Å². The lowest BCUT2D eigenvalue weighted by molar-refractivity contribution is -0.126. The van der Waals surface area contributed by atoms with Gasteiger partial charge in [0.2, 0.25) is 11.8 Å². The van der Waals surface area contributed by atoms with E-state index in [1.807, 2.05) is 32.0 Å². The lowest BCUT2D eigenvalue weighted by atomic mass is 10.1. The number of hydrogen-bond donors (Lipinski definition) is 2. The summed E-state index contributed by atoms with van der Waals surface area (Å²) in [6.45, 7) is 6.32. The van der Waals surface area contributed by atoms with Gasteiger partial charge in [-0.15, -0.1) is 12.4 Å². The maximum atomic E-state index is 12.4. The number of carbonyl (C=O) groups is 2. The third kappa shape index (κ3) is 3.67. The van der Waals surface area contributed by atoms with Gasteiger partial charge in [-0.05, 0) is 44.0 Å². The topological polar surface area (TPSA) is 61.4 Å². The van der Waals surface area contributed by atoms with E-state index >= 15 is 0 Å². The molecule has 1 aromatic rings. The largest absolute Gasteiger partial charge is 0.352 e. The van der Waals surface area contributed by atoms with E-state index in [4.69, 9.17) is 0 Å². The first-order chi connectivity index (χ1) is 10.6. The van der Waals surface area contributed by atoms with E-state index in [2.05, 4.69) is 10.6 Å². The van der Waals surface area contributed by atoms with Crippen LogP contribution in [0.1, 0.15) is 24.0 Å². The van der Waals surface area contributed by atoms with Crippen molar-refractivity contribution < 1.29 is 9.59 Å². The average molecular weight is 338 g/mol. The van der Waals surface area contributed by atoms with Crippen molar-refractivity contribution in [2.24, 2.45) is 5.92 Å². The lowest BCUT2D eigenvalue weighted by Crippen LogP contribution is -2.40. The number of carbonyl (C=O) groups excluding carboxylic acids is 2. The molecule has 0 saturated carbocycles. The first-order valence-electron chi connectivity index (χ1n) is 7.94. The molecule has 2 saturated heterocycles. The summed E-state index contributed by atoms with van der Waals surface area (Å²) in [6, 6.07) is 6.16. The number of amides is 2. The summed E-state index contributed by atoms with van der Waals surface area (Å²) in [5.74, 6) is -0.193. The van der Waals surface area contributed by atoms with Crippen LogP contribution < -0.4 is 15.5 Å². The van der Waals surface area contributed by atoms with Gasteiger partial charge >= 0.3 is 0 Å². The van der Waals surface area contributed by atoms with Gasteiger partial charge in [-0.3, -0.25) is 9.59 Å².